The highest BCUT2D eigenvalue weighted by Gasteiger charge is 2.20. The molecule has 2 aromatic carbocycles. The third-order valence-electron chi connectivity index (χ3n) is 5.24. The maximum Gasteiger partial charge on any atom is 0.322 e. The van der Waals surface area contributed by atoms with Crippen LogP contribution in [-0.4, -0.2) is 39.9 Å². The van der Waals surface area contributed by atoms with Gasteiger partial charge in [0.05, 0.1) is 37.0 Å². The second kappa shape index (κ2) is 9.62. The minimum Gasteiger partial charge on any atom is -0.497 e. The van der Waals surface area contributed by atoms with Crippen molar-refractivity contribution in [1.29, 1.82) is 0 Å². The van der Waals surface area contributed by atoms with Gasteiger partial charge in [-0.1, -0.05) is 18.2 Å². The van der Waals surface area contributed by atoms with Gasteiger partial charge in [-0.2, -0.15) is 15.1 Å². The fourth-order valence-corrected chi connectivity index (χ4v) is 3.51. The number of anilines is 1. The van der Waals surface area contributed by atoms with Gasteiger partial charge in [0, 0.05) is 12.6 Å². The molecule has 9 heteroatoms. The van der Waals surface area contributed by atoms with Gasteiger partial charge < -0.3 is 19.5 Å². The van der Waals surface area contributed by atoms with Crippen LogP contribution in [-0.2, 0) is 7.05 Å². The van der Waals surface area contributed by atoms with Crippen LogP contribution in [0.15, 0.2) is 54.6 Å². The number of aromatic nitrogens is 4. The molecule has 0 radical (unpaired) electrons. The van der Waals surface area contributed by atoms with Crippen molar-refractivity contribution in [3.05, 3.63) is 71.7 Å². The molecule has 0 unspecified atom stereocenters. The Labute approximate surface area is 197 Å². The molecule has 0 spiro atoms. The molecule has 0 saturated carbocycles. The van der Waals surface area contributed by atoms with E-state index in [4.69, 9.17) is 14.2 Å². The van der Waals surface area contributed by atoms with E-state index in [1.807, 2.05) is 36.4 Å². The number of methoxy groups -OCH3 is 2. The maximum atomic E-state index is 13.1. The molecule has 0 aliphatic heterocycles. The summed E-state index contributed by atoms with van der Waals surface area (Å²) in [6.07, 6.45) is 0. The highest BCUT2D eigenvalue weighted by molar-refractivity contribution is 6.04. The standard InChI is InChI=1S/C25H25N5O4/c1-15-23(16(2)27-25(26-15)34-17-9-7-6-8-10-17)28-24(31)21-14-20(29-30(21)3)19-13-18(32-4)11-12-22(19)33-5/h6-14H,1-5H3,(H,28,31). The van der Waals surface area contributed by atoms with Crippen molar-refractivity contribution >= 4 is 11.6 Å². The number of hydrogen-bond acceptors (Lipinski definition) is 7. The average molecular weight is 460 g/mol. The zero-order valence-corrected chi connectivity index (χ0v) is 19.6. The van der Waals surface area contributed by atoms with Crippen molar-refractivity contribution in [2.75, 3.05) is 19.5 Å². The van der Waals surface area contributed by atoms with Crippen molar-refractivity contribution in [1.82, 2.24) is 19.7 Å². The number of para-hydroxylation sites is 1. The summed E-state index contributed by atoms with van der Waals surface area (Å²) in [5, 5.41) is 7.41. The average Bonchev–Trinajstić information content (AvgIpc) is 3.23. The summed E-state index contributed by atoms with van der Waals surface area (Å²) in [4.78, 5) is 21.9. The largest absolute Gasteiger partial charge is 0.497 e. The molecule has 34 heavy (non-hydrogen) atoms. The number of ether oxygens (including phenoxy) is 3. The predicted octanol–water partition coefficient (Wildman–Crippen LogP) is 4.56. The van der Waals surface area contributed by atoms with E-state index in [2.05, 4.69) is 20.4 Å². The van der Waals surface area contributed by atoms with Gasteiger partial charge in [0.15, 0.2) is 0 Å². The summed E-state index contributed by atoms with van der Waals surface area (Å²) in [6, 6.07) is 16.6. The van der Waals surface area contributed by atoms with Crippen LogP contribution in [0.2, 0.25) is 0 Å². The molecule has 0 aliphatic rings. The second-order valence-electron chi connectivity index (χ2n) is 7.53. The molecule has 2 aromatic heterocycles. The number of nitrogens with zero attached hydrogens (tertiary/aromatic N) is 4. The fourth-order valence-electron chi connectivity index (χ4n) is 3.51. The van der Waals surface area contributed by atoms with Crippen molar-refractivity contribution in [3.8, 4) is 34.5 Å². The third-order valence-corrected chi connectivity index (χ3v) is 5.24. The van der Waals surface area contributed by atoms with Crippen LogP contribution in [0.1, 0.15) is 21.9 Å². The molecule has 0 fully saturated rings. The number of rotatable bonds is 7. The lowest BCUT2D eigenvalue weighted by molar-refractivity contribution is 0.101. The summed E-state index contributed by atoms with van der Waals surface area (Å²) in [5.41, 5.74) is 3.36. The Morgan fingerprint density at radius 1 is 0.912 bits per heavy atom. The van der Waals surface area contributed by atoms with E-state index in [-0.39, 0.29) is 11.9 Å². The lowest BCUT2D eigenvalue weighted by Gasteiger charge is -2.12. The number of carbonyl (C=O) groups is 1. The van der Waals surface area contributed by atoms with Gasteiger partial charge in [0.25, 0.3) is 5.91 Å². The van der Waals surface area contributed by atoms with E-state index in [1.54, 1.807) is 53.3 Å². The fraction of sp³-hybridized carbons (Fsp3) is 0.200. The Morgan fingerprint density at radius 2 is 1.62 bits per heavy atom. The second-order valence-corrected chi connectivity index (χ2v) is 7.53. The minimum absolute atomic E-state index is 0.215. The van der Waals surface area contributed by atoms with Gasteiger partial charge in [-0.15, -0.1) is 0 Å². The molecule has 0 saturated heterocycles. The van der Waals surface area contributed by atoms with Gasteiger partial charge >= 0.3 is 6.01 Å². The van der Waals surface area contributed by atoms with E-state index in [0.29, 0.717) is 45.7 Å². The third kappa shape index (κ3) is 4.68. The van der Waals surface area contributed by atoms with Crippen LogP contribution in [0.3, 0.4) is 0 Å². The highest BCUT2D eigenvalue weighted by Crippen LogP contribution is 2.33. The molecule has 4 aromatic rings. The topological polar surface area (TPSA) is 100 Å². The summed E-state index contributed by atoms with van der Waals surface area (Å²) in [6.45, 7) is 3.58. The Hall–Kier alpha value is -4.40. The van der Waals surface area contributed by atoms with E-state index in [9.17, 15) is 4.79 Å². The molecule has 1 N–H and O–H groups in total. The summed E-state index contributed by atoms with van der Waals surface area (Å²) < 4.78 is 18.0. The van der Waals surface area contributed by atoms with Crippen LogP contribution in [0.4, 0.5) is 5.69 Å². The van der Waals surface area contributed by atoms with E-state index < -0.39 is 0 Å². The first-order valence-electron chi connectivity index (χ1n) is 10.6. The van der Waals surface area contributed by atoms with Crippen molar-refractivity contribution in [3.63, 3.8) is 0 Å². The number of benzene rings is 2. The van der Waals surface area contributed by atoms with Gasteiger partial charge in [-0.05, 0) is 50.2 Å². The van der Waals surface area contributed by atoms with E-state index in [0.717, 1.165) is 5.56 Å². The van der Waals surface area contributed by atoms with Crippen molar-refractivity contribution in [2.45, 2.75) is 13.8 Å². The number of nitrogens with one attached hydrogen (secondary N) is 1. The van der Waals surface area contributed by atoms with E-state index in [1.165, 1.54) is 4.68 Å². The summed E-state index contributed by atoms with van der Waals surface area (Å²) >= 11 is 0. The van der Waals surface area contributed by atoms with Crippen LogP contribution in [0.5, 0.6) is 23.3 Å². The maximum absolute atomic E-state index is 13.1. The molecule has 2 heterocycles. The van der Waals surface area contributed by atoms with Crippen molar-refractivity contribution < 1.29 is 19.0 Å². The first-order chi connectivity index (χ1) is 16.4. The zero-order chi connectivity index (χ0) is 24.2. The van der Waals surface area contributed by atoms with Crippen LogP contribution >= 0.6 is 0 Å². The molecular weight excluding hydrogens is 434 g/mol. The normalized spacial score (nSPS) is 10.6. The molecule has 4 rings (SSSR count). The quantitative estimate of drug-likeness (QED) is 0.432. The van der Waals surface area contributed by atoms with Crippen LogP contribution in [0, 0.1) is 13.8 Å². The molecule has 174 valence electrons. The Morgan fingerprint density at radius 3 is 2.26 bits per heavy atom. The Bertz CT molecular complexity index is 1310. The number of amides is 1. The lowest BCUT2D eigenvalue weighted by Crippen LogP contribution is -2.18. The monoisotopic (exact) mass is 459 g/mol. The van der Waals surface area contributed by atoms with Gasteiger partial charge in [-0.25, -0.2) is 0 Å². The summed E-state index contributed by atoms with van der Waals surface area (Å²) in [7, 11) is 4.88. The molecule has 0 bridgehead atoms. The zero-order valence-electron chi connectivity index (χ0n) is 19.6. The first-order valence-corrected chi connectivity index (χ1v) is 10.6. The first kappa shape index (κ1) is 22.8. The van der Waals surface area contributed by atoms with Crippen LogP contribution < -0.4 is 19.5 Å². The molecule has 9 nitrogen and oxygen atoms in total. The van der Waals surface area contributed by atoms with Crippen LogP contribution in [0.25, 0.3) is 11.3 Å². The highest BCUT2D eigenvalue weighted by atomic mass is 16.5. The molecule has 0 aliphatic carbocycles. The van der Waals surface area contributed by atoms with Crippen molar-refractivity contribution in [2.24, 2.45) is 7.05 Å². The lowest BCUT2D eigenvalue weighted by atomic mass is 10.1. The van der Waals surface area contributed by atoms with E-state index >= 15 is 0 Å². The number of aryl methyl sites for hydroxylation is 3. The predicted molar refractivity (Wildman–Crippen MR) is 128 cm³/mol. The molecule has 0 atom stereocenters. The Balaban J connectivity index is 1.59. The van der Waals surface area contributed by atoms with Gasteiger partial charge in [0.1, 0.15) is 22.9 Å². The number of hydrogen-bond donors (Lipinski definition) is 1. The summed E-state index contributed by atoms with van der Waals surface area (Å²) in [5.74, 6) is 1.58. The minimum atomic E-state index is -0.338. The number of carbonyl (C=O) groups excluding carboxylic acids is 1. The molecular formula is C25H25N5O4. The smallest absolute Gasteiger partial charge is 0.322 e. The van der Waals surface area contributed by atoms with Gasteiger partial charge in [-0.3, -0.25) is 9.48 Å². The SMILES string of the molecule is COc1ccc(OC)c(-c2cc(C(=O)Nc3c(C)nc(Oc4ccccc4)nc3C)n(C)n2)c1. The molecule has 1 amide bonds. The van der Waals surface area contributed by atoms with Gasteiger partial charge in [0.2, 0.25) is 0 Å². The Kier molecular flexibility index (Phi) is 6.44.